The number of furan rings is 1. The zero-order valence-electron chi connectivity index (χ0n) is 22.9. The monoisotopic (exact) mass is 574 g/mol. The summed E-state index contributed by atoms with van der Waals surface area (Å²) < 4.78 is 13.5. The second kappa shape index (κ2) is 11.4. The quantitative estimate of drug-likeness (QED) is 0.192. The van der Waals surface area contributed by atoms with E-state index in [0.29, 0.717) is 37.7 Å². The van der Waals surface area contributed by atoms with E-state index in [-0.39, 0.29) is 17.9 Å². The molecular weight excluding hydrogens is 548 g/mol. The molecule has 2 aromatic heterocycles. The van der Waals surface area contributed by atoms with Gasteiger partial charge < -0.3 is 9.15 Å². The largest absolute Gasteiger partial charge is 0.463 e. The molecule has 0 spiro atoms. The van der Waals surface area contributed by atoms with Gasteiger partial charge in [-0.15, -0.1) is 0 Å². The molecule has 1 atom stereocenters. The second-order valence-corrected chi connectivity index (χ2v) is 10.7. The van der Waals surface area contributed by atoms with Crippen molar-refractivity contribution in [3.8, 4) is 11.3 Å². The lowest BCUT2D eigenvalue weighted by molar-refractivity contribution is -0.138. The van der Waals surface area contributed by atoms with Crippen molar-refractivity contribution in [2.75, 3.05) is 6.61 Å². The number of thiazole rings is 1. The van der Waals surface area contributed by atoms with Gasteiger partial charge in [0, 0.05) is 22.8 Å². The Kier molecular flexibility index (Phi) is 7.37. The van der Waals surface area contributed by atoms with Crippen LogP contribution in [0.15, 0.2) is 117 Å². The molecule has 42 heavy (non-hydrogen) atoms. The van der Waals surface area contributed by atoms with Gasteiger partial charge in [-0.25, -0.2) is 9.79 Å². The lowest BCUT2D eigenvalue weighted by Gasteiger charge is -2.25. The van der Waals surface area contributed by atoms with Crippen molar-refractivity contribution < 1.29 is 18.7 Å². The molecule has 5 aromatic rings. The van der Waals surface area contributed by atoms with E-state index in [1.54, 1.807) is 35.8 Å². The highest BCUT2D eigenvalue weighted by atomic mass is 32.1. The number of nitrogens with zero attached hydrogens (tertiary/aromatic N) is 2. The highest BCUT2D eigenvalue weighted by Gasteiger charge is 2.35. The van der Waals surface area contributed by atoms with E-state index >= 15 is 0 Å². The summed E-state index contributed by atoms with van der Waals surface area (Å²) in [5, 5.41) is 0. The zero-order chi connectivity index (χ0) is 29.2. The Bertz CT molecular complexity index is 2000. The Balaban J connectivity index is 1.51. The fourth-order valence-corrected chi connectivity index (χ4v) is 5.96. The number of carbonyl (C=O) groups is 2. The fraction of sp³-hybridized carbons (Fsp3) is 0.118. The summed E-state index contributed by atoms with van der Waals surface area (Å²) in [7, 11) is 0. The molecule has 6 rings (SSSR count). The van der Waals surface area contributed by atoms with Gasteiger partial charge >= 0.3 is 5.97 Å². The fourth-order valence-electron chi connectivity index (χ4n) is 4.98. The molecule has 0 fully saturated rings. The summed E-state index contributed by atoms with van der Waals surface area (Å²) in [6.45, 7) is 3.47. The van der Waals surface area contributed by atoms with Crippen LogP contribution in [0, 0.1) is 0 Å². The van der Waals surface area contributed by atoms with E-state index in [0.717, 1.165) is 16.7 Å². The first-order valence-electron chi connectivity index (χ1n) is 13.5. The van der Waals surface area contributed by atoms with E-state index in [1.807, 2.05) is 78.9 Å². The minimum Gasteiger partial charge on any atom is -0.463 e. The van der Waals surface area contributed by atoms with Crippen LogP contribution < -0.4 is 14.9 Å². The van der Waals surface area contributed by atoms with Crippen molar-refractivity contribution in [1.82, 2.24) is 4.57 Å². The Morgan fingerprint density at radius 1 is 0.929 bits per heavy atom. The maximum absolute atomic E-state index is 14.0. The van der Waals surface area contributed by atoms with Gasteiger partial charge in [0.25, 0.3) is 5.56 Å². The number of hydrogen-bond acceptors (Lipinski definition) is 7. The van der Waals surface area contributed by atoms with Crippen molar-refractivity contribution >= 4 is 34.9 Å². The van der Waals surface area contributed by atoms with Crippen molar-refractivity contribution in [2.24, 2.45) is 4.99 Å². The third kappa shape index (κ3) is 5.08. The lowest BCUT2D eigenvalue weighted by Crippen LogP contribution is -2.39. The number of rotatable bonds is 7. The molecule has 0 radical (unpaired) electrons. The first-order chi connectivity index (χ1) is 20.4. The van der Waals surface area contributed by atoms with Gasteiger partial charge in [0.15, 0.2) is 10.6 Å². The number of aromatic nitrogens is 1. The summed E-state index contributed by atoms with van der Waals surface area (Å²) in [5.41, 5.74) is 3.46. The van der Waals surface area contributed by atoms with Crippen LogP contribution in [0.1, 0.15) is 47.1 Å². The van der Waals surface area contributed by atoms with E-state index in [2.05, 4.69) is 0 Å². The van der Waals surface area contributed by atoms with Crippen LogP contribution in [0.25, 0.3) is 23.1 Å². The van der Waals surface area contributed by atoms with Crippen molar-refractivity contribution in [2.45, 2.75) is 19.9 Å². The molecule has 1 aliphatic heterocycles. The van der Waals surface area contributed by atoms with Crippen LogP contribution in [0.3, 0.4) is 0 Å². The average Bonchev–Trinajstić information content (AvgIpc) is 3.61. The number of carbonyl (C=O) groups excluding carboxylic acids is 2. The number of hydrogen-bond donors (Lipinski definition) is 0. The zero-order valence-corrected chi connectivity index (χ0v) is 23.8. The summed E-state index contributed by atoms with van der Waals surface area (Å²) in [6.07, 6.45) is 1.69. The summed E-state index contributed by atoms with van der Waals surface area (Å²) in [5.74, 6) is 0.583. The number of ether oxygens (including phenoxy) is 1. The van der Waals surface area contributed by atoms with Crippen molar-refractivity contribution in [3.63, 3.8) is 0 Å². The summed E-state index contributed by atoms with van der Waals surface area (Å²) in [4.78, 5) is 44.4. The molecule has 0 aliphatic carbocycles. The smallest absolute Gasteiger partial charge is 0.338 e. The first-order valence-corrected chi connectivity index (χ1v) is 14.3. The Hall–Kier alpha value is -5.08. The molecule has 3 heterocycles. The highest BCUT2D eigenvalue weighted by Crippen LogP contribution is 2.35. The minimum absolute atomic E-state index is 0.00704. The molecule has 0 saturated carbocycles. The molecule has 0 N–H and O–H groups in total. The molecule has 0 unspecified atom stereocenters. The van der Waals surface area contributed by atoms with Gasteiger partial charge in [-0.2, -0.15) is 0 Å². The number of esters is 1. The molecule has 1 aliphatic rings. The van der Waals surface area contributed by atoms with Gasteiger partial charge in [-0.05, 0) is 31.5 Å². The standard InChI is InChI=1S/C34H26N2O5S/c1-3-40-33(39)29-30(24-10-6-4-7-11-24)35-34-36(31(29)25-12-8-5-9-13-25)32(38)28(42-34)20-26-18-19-27(41-26)23-16-14-22(15-17-23)21(2)37/h4-20,31H,3H2,1-2H3/b28-20-/t31-/m1/s1. The minimum atomic E-state index is -0.731. The number of Topliss-reactive ketones (excluding diaryl/α,β-unsaturated/α-hetero) is 1. The Labute approximate surface area is 245 Å². The predicted molar refractivity (Wildman–Crippen MR) is 162 cm³/mol. The molecule has 208 valence electrons. The van der Waals surface area contributed by atoms with Gasteiger partial charge in [0.1, 0.15) is 11.5 Å². The predicted octanol–water partition coefficient (Wildman–Crippen LogP) is 5.40. The molecule has 0 amide bonds. The third-order valence-corrected chi connectivity index (χ3v) is 7.95. The molecule has 7 nitrogen and oxygen atoms in total. The van der Waals surface area contributed by atoms with Gasteiger partial charge in [-0.1, -0.05) is 96.3 Å². The molecule has 8 heteroatoms. The van der Waals surface area contributed by atoms with Crippen LogP contribution >= 0.6 is 11.3 Å². The Morgan fingerprint density at radius 3 is 2.29 bits per heavy atom. The van der Waals surface area contributed by atoms with Crippen LogP contribution in [0.5, 0.6) is 0 Å². The van der Waals surface area contributed by atoms with Crippen LogP contribution in [-0.4, -0.2) is 22.9 Å². The van der Waals surface area contributed by atoms with Crippen molar-refractivity contribution in [3.05, 3.63) is 145 Å². The van der Waals surface area contributed by atoms with E-state index in [9.17, 15) is 14.4 Å². The van der Waals surface area contributed by atoms with Crippen LogP contribution in [0.4, 0.5) is 0 Å². The molecule has 3 aromatic carbocycles. The molecular formula is C34H26N2O5S. The van der Waals surface area contributed by atoms with E-state index in [1.165, 1.54) is 18.3 Å². The highest BCUT2D eigenvalue weighted by molar-refractivity contribution is 7.07. The van der Waals surface area contributed by atoms with Gasteiger partial charge in [-0.3, -0.25) is 14.2 Å². The van der Waals surface area contributed by atoms with Crippen LogP contribution in [-0.2, 0) is 9.53 Å². The molecule has 0 saturated heterocycles. The molecule has 0 bridgehead atoms. The SMILES string of the molecule is CCOC(=O)C1=C(c2ccccc2)N=c2s/c(=C\c3ccc(-c4ccc(C(C)=O)cc4)o3)c(=O)n2[C@@H]1c1ccccc1. The maximum atomic E-state index is 14.0. The van der Waals surface area contributed by atoms with E-state index < -0.39 is 12.0 Å². The number of benzene rings is 3. The van der Waals surface area contributed by atoms with Gasteiger partial charge in [0.2, 0.25) is 0 Å². The number of ketones is 1. The lowest BCUT2D eigenvalue weighted by atomic mass is 9.93. The topological polar surface area (TPSA) is 90.9 Å². The number of fused-ring (bicyclic) bond motifs is 1. The average molecular weight is 575 g/mol. The normalized spacial score (nSPS) is 14.8. The summed E-state index contributed by atoms with van der Waals surface area (Å²) >= 11 is 1.24. The second-order valence-electron chi connectivity index (χ2n) is 9.68. The maximum Gasteiger partial charge on any atom is 0.338 e. The third-order valence-electron chi connectivity index (χ3n) is 6.97. The first kappa shape index (κ1) is 27.1. The Morgan fingerprint density at radius 2 is 1.62 bits per heavy atom. The van der Waals surface area contributed by atoms with E-state index in [4.69, 9.17) is 14.1 Å². The van der Waals surface area contributed by atoms with Crippen LogP contribution in [0.2, 0.25) is 0 Å². The van der Waals surface area contributed by atoms with Crippen molar-refractivity contribution in [1.29, 1.82) is 0 Å². The summed E-state index contributed by atoms with van der Waals surface area (Å²) in [6, 6.07) is 28.9. The van der Waals surface area contributed by atoms with Gasteiger partial charge in [0.05, 0.1) is 28.5 Å².